The number of hydrogen-bond acceptors (Lipinski definition) is 0. The van der Waals surface area contributed by atoms with Gasteiger partial charge in [0, 0.05) is 5.41 Å². The molecule has 0 atom stereocenters. The minimum Gasteiger partial charge on any atom is -0.0989 e. The highest BCUT2D eigenvalue weighted by Gasteiger charge is 2.76. The molecule has 4 fully saturated rings. The first-order chi connectivity index (χ1) is 7.17. The van der Waals surface area contributed by atoms with Crippen molar-refractivity contribution in [2.24, 2.45) is 16.2 Å². The summed E-state index contributed by atoms with van der Waals surface area (Å²) in [7, 11) is 0. The lowest BCUT2D eigenvalue weighted by Crippen LogP contribution is -2.35. The molecule has 15 heavy (non-hydrogen) atoms. The van der Waals surface area contributed by atoms with Crippen LogP contribution in [0.4, 0.5) is 0 Å². The Kier molecular flexibility index (Phi) is 1.22. The van der Waals surface area contributed by atoms with Crippen molar-refractivity contribution in [1.29, 1.82) is 0 Å². The third kappa shape index (κ3) is 0.621. The fraction of sp³-hybridized carbons (Fsp3) is 0.733. The molecule has 0 N–H and O–H groups in total. The van der Waals surface area contributed by atoms with E-state index in [1.54, 1.807) is 11.1 Å². The number of rotatable bonds is 0. The SMILES string of the molecule is C=C1CCC23CCC(=C)C12C1(CC3)CC1. The molecule has 0 saturated heterocycles. The van der Waals surface area contributed by atoms with Gasteiger partial charge in [0.15, 0.2) is 0 Å². The van der Waals surface area contributed by atoms with Gasteiger partial charge in [-0.05, 0) is 62.2 Å². The standard InChI is InChI=1S/C15H20/c1-11-3-5-13-6-4-12(2)15(11,13)14(8-7-13)9-10-14/h1-10H2. The molecule has 4 aliphatic rings. The average molecular weight is 200 g/mol. The Balaban J connectivity index is 2.02. The highest BCUT2D eigenvalue weighted by atomic mass is 14.8. The summed E-state index contributed by atoms with van der Waals surface area (Å²) in [4.78, 5) is 0. The van der Waals surface area contributed by atoms with Gasteiger partial charge in [0.25, 0.3) is 0 Å². The smallest absolute Gasteiger partial charge is 0.0228 e. The summed E-state index contributed by atoms with van der Waals surface area (Å²) in [6.07, 6.45) is 11.3. The van der Waals surface area contributed by atoms with Gasteiger partial charge in [0.2, 0.25) is 0 Å². The first kappa shape index (κ1) is 8.61. The molecule has 0 aliphatic heterocycles. The van der Waals surface area contributed by atoms with Crippen molar-refractivity contribution in [3.63, 3.8) is 0 Å². The van der Waals surface area contributed by atoms with E-state index in [0.29, 0.717) is 16.2 Å². The molecule has 0 radical (unpaired) electrons. The molecule has 0 heteroatoms. The lowest BCUT2D eigenvalue weighted by atomic mass is 9.62. The van der Waals surface area contributed by atoms with Crippen LogP contribution in [0.15, 0.2) is 24.3 Å². The lowest BCUT2D eigenvalue weighted by molar-refractivity contribution is 0.163. The second-order valence-electron chi connectivity index (χ2n) is 6.52. The molecular formula is C15H20. The second-order valence-corrected chi connectivity index (χ2v) is 6.52. The van der Waals surface area contributed by atoms with Gasteiger partial charge >= 0.3 is 0 Å². The van der Waals surface area contributed by atoms with E-state index in [2.05, 4.69) is 13.2 Å². The number of allylic oxidation sites excluding steroid dienone is 2. The zero-order valence-corrected chi connectivity index (χ0v) is 9.57. The molecular weight excluding hydrogens is 180 g/mol. The Morgan fingerprint density at radius 1 is 0.667 bits per heavy atom. The van der Waals surface area contributed by atoms with Crippen LogP contribution in [0.1, 0.15) is 51.4 Å². The van der Waals surface area contributed by atoms with Crippen LogP contribution in [0.2, 0.25) is 0 Å². The molecule has 0 heterocycles. The lowest BCUT2D eigenvalue weighted by Gasteiger charge is -2.41. The van der Waals surface area contributed by atoms with E-state index in [9.17, 15) is 0 Å². The highest BCUT2D eigenvalue weighted by molar-refractivity contribution is 5.47. The summed E-state index contributed by atoms with van der Waals surface area (Å²) in [5.41, 5.74) is 4.87. The van der Waals surface area contributed by atoms with Crippen molar-refractivity contribution in [2.45, 2.75) is 51.4 Å². The van der Waals surface area contributed by atoms with Crippen molar-refractivity contribution in [3.8, 4) is 0 Å². The first-order valence-electron chi connectivity index (χ1n) is 6.54. The Labute approximate surface area is 92.4 Å². The molecule has 0 aromatic heterocycles. The van der Waals surface area contributed by atoms with Crippen molar-refractivity contribution < 1.29 is 0 Å². The summed E-state index contributed by atoms with van der Waals surface area (Å²) in [5.74, 6) is 0. The van der Waals surface area contributed by atoms with Crippen LogP contribution in [0, 0.1) is 16.2 Å². The molecule has 0 bridgehead atoms. The van der Waals surface area contributed by atoms with E-state index in [4.69, 9.17) is 0 Å². The first-order valence-corrected chi connectivity index (χ1v) is 6.54. The van der Waals surface area contributed by atoms with E-state index in [1.165, 1.54) is 51.4 Å². The normalized spacial score (nSPS) is 49.9. The zero-order valence-electron chi connectivity index (χ0n) is 9.57. The third-order valence-electron chi connectivity index (χ3n) is 6.40. The van der Waals surface area contributed by atoms with Crippen LogP contribution in [0.3, 0.4) is 0 Å². The molecule has 0 nitrogen and oxygen atoms in total. The second kappa shape index (κ2) is 2.12. The molecule has 4 aliphatic carbocycles. The summed E-state index contributed by atoms with van der Waals surface area (Å²) in [5, 5.41) is 0. The molecule has 0 aromatic carbocycles. The summed E-state index contributed by atoms with van der Waals surface area (Å²) < 4.78 is 0. The van der Waals surface area contributed by atoms with Crippen LogP contribution < -0.4 is 0 Å². The molecule has 0 aromatic rings. The Morgan fingerprint density at radius 3 is 1.53 bits per heavy atom. The van der Waals surface area contributed by atoms with Gasteiger partial charge in [-0.2, -0.15) is 0 Å². The summed E-state index contributed by atoms with van der Waals surface area (Å²) in [6.45, 7) is 8.90. The maximum atomic E-state index is 4.45. The van der Waals surface area contributed by atoms with Crippen molar-refractivity contribution in [2.75, 3.05) is 0 Å². The maximum Gasteiger partial charge on any atom is 0.0228 e. The molecule has 4 saturated carbocycles. The minimum atomic E-state index is 0.431. The topological polar surface area (TPSA) is 0 Å². The third-order valence-corrected chi connectivity index (χ3v) is 6.40. The maximum absolute atomic E-state index is 4.45. The average Bonchev–Trinajstić information content (AvgIpc) is 2.76. The van der Waals surface area contributed by atoms with E-state index in [0.717, 1.165) is 0 Å². The summed E-state index contributed by atoms with van der Waals surface area (Å²) in [6, 6.07) is 0. The number of hydrogen-bond donors (Lipinski definition) is 0. The van der Waals surface area contributed by atoms with Gasteiger partial charge < -0.3 is 0 Å². The van der Waals surface area contributed by atoms with Gasteiger partial charge in [0.1, 0.15) is 0 Å². The molecule has 0 amide bonds. The van der Waals surface area contributed by atoms with Gasteiger partial charge in [0.05, 0.1) is 0 Å². The molecule has 4 rings (SSSR count). The van der Waals surface area contributed by atoms with Crippen molar-refractivity contribution in [1.82, 2.24) is 0 Å². The van der Waals surface area contributed by atoms with Crippen LogP contribution in [0.5, 0.6) is 0 Å². The quantitative estimate of drug-likeness (QED) is 0.513. The largest absolute Gasteiger partial charge is 0.0989 e. The van der Waals surface area contributed by atoms with Crippen molar-refractivity contribution in [3.05, 3.63) is 24.3 Å². The van der Waals surface area contributed by atoms with E-state index in [-0.39, 0.29) is 0 Å². The zero-order chi connectivity index (χ0) is 10.3. The Hall–Kier alpha value is -0.520. The minimum absolute atomic E-state index is 0.431. The summed E-state index contributed by atoms with van der Waals surface area (Å²) >= 11 is 0. The monoisotopic (exact) mass is 200 g/mol. The fourth-order valence-electron chi connectivity index (χ4n) is 5.85. The van der Waals surface area contributed by atoms with Crippen molar-refractivity contribution >= 4 is 0 Å². The Bertz CT molecular complexity index is 361. The molecule has 0 unspecified atom stereocenters. The van der Waals surface area contributed by atoms with Crippen LogP contribution in [-0.4, -0.2) is 0 Å². The molecule has 80 valence electrons. The predicted molar refractivity (Wildman–Crippen MR) is 62.5 cm³/mol. The van der Waals surface area contributed by atoms with Gasteiger partial charge in [-0.25, -0.2) is 0 Å². The van der Waals surface area contributed by atoms with Gasteiger partial charge in [-0.15, -0.1) is 0 Å². The van der Waals surface area contributed by atoms with Crippen LogP contribution in [0.25, 0.3) is 0 Å². The van der Waals surface area contributed by atoms with Gasteiger partial charge in [-0.1, -0.05) is 24.3 Å². The Morgan fingerprint density at radius 2 is 1.07 bits per heavy atom. The van der Waals surface area contributed by atoms with Gasteiger partial charge in [-0.3, -0.25) is 0 Å². The van der Waals surface area contributed by atoms with E-state index in [1.807, 2.05) is 0 Å². The van der Waals surface area contributed by atoms with E-state index < -0.39 is 0 Å². The van der Waals surface area contributed by atoms with E-state index >= 15 is 0 Å². The fourth-order valence-corrected chi connectivity index (χ4v) is 5.85. The van der Waals surface area contributed by atoms with Crippen LogP contribution >= 0.6 is 0 Å². The highest BCUT2D eigenvalue weighted by Crippen LogP contribution is 2.86. The van der Waals surface area contributed by atoms with Crippen LogP contribution in [-0.2, 0) is 0 Å². The predicted octanol–water partition coefficient (Wildman–Crippen LogP) is 4.23. The molecule has 1 spiro atoms.